The molecule has 3 aromatic rings. The number of rotatable bonds is 3. The predicted molar refractivity (Wildman–Crippen MR) is 111 cm³/mol. The third-order valence-corrected chi connectivity index (χ3v) is 5.94. The molecule has 2 aromatic carbocycles. The van der Waals surface area contributed by atoms with E-state index < -0.39 is 18.3 Å². The number of fused-ring (bicyclic) bond motifs is 1. The monoisotopic (exact) mass is 363 g/mol. The summed E-state index contributed by atoms with van der Waals surface area (Å²) in [5, 5.41) is 1.23. The number of hydrogen-bond acceptors (Lipinski definition) is 3. The van der Waals surface area contributed by atoms with E-state index in [2.05, 4.69) is 81.9 Å². The lowest BCUT2D eigenvalue weighted by molar-refractivity contribution is 0.00578. The zero-order valence-electron chi connectivity index (χ0n) is 16.9. The lowest BCUT2D eigenvalue weighted by Gasteiger charge is -2.32. The number of benzene rings is 2. The first kappa shape index (κ1) is 18.1. The molecule has 0 amide bonds. The van der Waals surface area contributed by atoms with Crippen molar-refractivity contribution in [3.05, 3.63) is 48.7 Å². The lowest BCUT2D eigenvalue weighted by atomic mass is 9.77. The standard InChI is InChI=1S/C22H26BNO3/c1-21(2)22(3,4)27-23(26-21)18-13-15(11-12-20(18)25-6)17-14-24(5)19-10-8-7-9-16(17)19/h7-14H,1-6H3. The summed E-state index contributed by atoms with van der Waals surface area (Å²) in [5.41, 5.74) is 3.66. The van der Waals surface area contributed by atoms with Crippen molar-refractivity contribution >= 4 is 23.5 Å². The second-order valence-corrected chi connectivity index (χ2v) is 8.22. The molecule has 27 heavy (non-hydrogen) atoms. The molecule has 0 aliphatic carbocycles. The summed E-state index contributed by atoms with van der Waals surface area (Å²) in [6.45, 7) is 8.25. The average Bonchev–Trinajstić information content (AvgIpc) is 3.08. The summed E-state index contributed by atoms with van der Waals surface area (Å²) in [6, 6.07) is 14.6. The molecular formula is C22H26BNO3. The summed E-state index contributed by atoms with van der Waals surface area (Å²) in [7, 11) is 3.30. The van der Waals surface area contributed by atoms with Crippen molar-refractivity contribution < 1.29 is 14.0 Å². The molecule has 0 radical (unpaired) electrons. The van der Waals surface area contributed by atoms with E-state index in [1.807, 2.05) is 6.07 Å². The Morgan fingerprint density at radius 3 is 2.30 bits per heavy atom. The summed E-state index contributed by atoms with van der Waals surface area (Å²) in [6.07, 6.45) is 2.17. The van der Waals surface area contributed by atoms with Crippen LogP contribution in [0, 0.1) is 0 Å². The Morgan fingerprint density at radius 2 is 1.63 bits per heavy atom. The second kappa shape index (κ2) is 6.15. The molecule has 1 fully saturated rings. The Hall–Kier alpha value is -2.24. The smallest absolute Gasteiger partial charge is 0.497 e. The fraction of sp³-hybridized carbons (Fsp3) is 0.364. The maximum absolute atomic E-state index is 6.27. The number of aryl methyl sites for hydroxylation is 1. The SMILES string of the molecule is COc1ccc(-c2cn(C)c3ccccc23)cc1B1OC(C)(C)C(C)(C)O1. The summed E-state index contributed by atoms with van der Waals surface area (Å²) >= 11 is 0. The maximum atomic E-state index is 6.27. The maximum Gasteiger partial charge on any atom is 0.498 e. The van der Waals surface area contributed by atoms with Gasteiger partial charge in [0.2, 0.25) is 0 Å². The highest BCUT2D eigenvalue weighted by Gasteiger charge is 2.52. The molecule has 2 heterocycles. The van der Waals surface area contributed by atoms with Crippen LogP contribution in [0.2, 0.25) is 0 Å². The van der Waals surface area contributed by atoms with Crippen molar-refractivity contribution in [1.82, 2.24) is 4.57 Å². The van der Waals surface area contributed by atoms with E-state index in [9.17, 15) is 0 Å². The van der Waals surface area contributed by atoms with Crippen LogP contribution in [0.4, 0.5) is 0 Å². The second-order valence-electron chi connectivity index (χ2n) is 8.22. The highest BCUT2D eigenvalue weighted by Crippen LogP contribution is 2.38. The van der Waals surface area contributed by atoms with E-state index in [0.29, 0.717) is 0 Å². The van der Waals surface area contributed by atoms with Crippen molar-refractivity contribution in [3.63, 3.8) is 0 Å². The molecule has 4 rings (SSSR count). The molecule has 0 unspecified atom stereocenters. The van der Waals surface area contributed by atoms with Gasteiger partial charge in [-0.15, -0.1) is 0 Å². The van der Waals surface area contributed by atoms with Gasteiger partial charge in [0.05, 0.1) is 18.3 Å². The molecular weight excluding hydrogens is 337 g/mol. The molecule has 1 saturated heterocycles. The minimum absolute atomic E-state index is 0.391. The van der Waals surface area contributed by atoms with E-state index in [1.54, 1.807) is 7.11 Å². The quantitative estimate of drug-likeness (QED) is 0.656. The average molecular weight is 363 g/mol. The Morgan fingerprint density at radius 1 is 0.963 bits per heavy atom. The molecule has 1 aliphatic heterocycles. The topological polar surface area (TPSA) is 32.6 Å². The van der Waals surface area contributed by atoms with Crippen molar-refractivity contribution in [2.75, 3.05) is 7.11 Å². The van der Waals surface area contributed by atoms with Crippen LogP contribution in [-0.2, 0) is 16.4 Å². The van der Waals surface area contributed by atoms with Gasteiger partial charge in [0, 0.05) is 35.2 Å². The van der Waals surface area contributed by atoms with Gasteiger partial charge >= 0.3 is 7.12 Å². The van der Waals surface area contributed by atoms with Crippen LogP contribution in [0.25, 0.3) is 22.0 Å². The number of aromatic nitrogens is 1. The lowest BCUT2D eigenvalue weighted by Crippen LogP contribution is -2.41. The van der Waals surface area contributed by atoms with Crippen LogP contribution in [0.3, 0.4) is 0 Å². The Balaban J connectivity index is 1.83. The molecule has 0 N–H and O–H groups in total. The van der Waals surface area contributed by atoms with Crippen LogP contribution < -0.4 is 10.2 Å². The molecule has 0 spiro atoms. The van der Waals surface area contributed by atoms with Crippen LogP contribution in [0.1, 0.15) is 27.7 Å². The molecule has 4 nitrogen and oxygen atoms in total. The van der Waals surface area contributed by atoms with E-state index in [-0.39, 0.29) is 0 Å². The number of hydrogen-bond donors (Lipinski definition) is 0. The van der Waals surface area contributed by atoms with Gasteiger partial charge < -0.3 is 18.6 Å². The largest absolute Gasteiger partial charge is 0.498 e. The number of nitrogens with zero attached hydrogens (tertiary/aromatic N) is 1. The van der Waals surface area contributed by atoms with Gasteiger partial charge in [0.15, 0.2) is 0 Å². The van der Waals surface area contributed by atoms with Crippen molar-refractivity contribution in [3.8, 4) is 16.9 Å². The number of ether oxygens (including phenoxy) is 1. The van der Waals surface area contributed by atoms with Crippen LogP contribution >= 0.6 is 0 Å². The fourth-order valence-corrected chi connectivity index (χ4v) is 3.63. The zero-order chi connectivity index (χ0) is 19.4. The van der Waals surface area contributed by atoms with E-state index >= 15 is 0 Å². The minimum atomic E-state index is -0.458. The van der Waals surface area contributed by atoms with Gasteiger partial charge in [-0.25, -0.2) is 0 Å². The molecule has 0 atom stereocenters. The first-order valence-corrected chi connectivity index (χ1v) is 9.31. The molecule has 1 aliphatic rings. The Labute approximate surface area is 161 Å². The first-order chi connectivity index (χ1) is 12.7. The highest BCUT2D eigenvalue weighted by atomic mass is 16.7. The molecule has 1 aromatic heterocycles. The first-order valence-electron chi connectivity index (χ1n) is 9.31. The molecule has 140 valence electrons. The third-order valence-electron chi connectivity index (χ3n) is 5.94. The normalized spacial score (nSPS) is 18.2. The van der Waals surface area contributed by atoms with Gasteiger partial charge in [0.25, 0.3) is 0 Å². The Bertz CT molecular complexity index is 990. The summed E-state index contributed by atoms with van der Waals surface area (Å²) in [4.78, 5) is 0. The third kappa shape index (κ3) is 2.86. The van der Waals surface area contributed by atoms with E-state index in [0.717, 1.165) is 16.8 Å². The predicted octanol–water partition coefficient (Wildman–Crippen LogP) is 4.15. The van der Waals surface area contributed by atoms with Crippen LogP contribution in [-0.4, -0.2) is 30.0 Å². The molecule has 0 saturated carbocycles. The van der Waals surface area contributed by atoms with E-state index in [1.165, 1.54) is 16.5 Å². The van der Waals surface area contributed by atoms with Crippen molar-refractivity contribution in [2.45, 2.75) is 38.9 Å². The summed E-state index contributed by atoms with van der Waals surface area (Å²) in [5.74, 6) is 0.775. The van der Waals surface area contributed by atoms with Crippen molar-refractivity contribution in [1.29, 1.82) is 0 Å². The number of methoxy groups -OCH3 is 1. The van der Waals surface area contributed by atoms with Gasteiger partial charge in [-0.05, 0) is 45.4 Å². The van der Waals surface area contributed by atoms with Gasteiger partial charge in [-0.1, -0.05) is 30.3 Å². The summed E-state index contributed by atoms with van der Waals surface area (Å²) < 4.78 is 20.3. The van der Waals surface area contributed by atoms with Gasteiger partial charge in [0.1, 0.15) is 5.75 Å². The van der Waals surface area contributed by atoms with Gasteiger partial charge in [-0.2, -0.15) is 0 Å². The highest BCUT2D eigenvalue weighted by molar-refractivity contribution is 6.63. The molecule has 5 heteroatoms. The fourth-order valence-electron chi connectivity index (χ4n) is 3.63. The van der Waals surface area contributed by atoms with E-state index in [4.69, 9.17) is 14.0 Å². The zero-order valence-corrected chi connectivity index (χ0v) is 16.9. The Kier molecular flexibility index (Phi) is 4.13. The van der Waals surface area contributed by atoms with Crippen LogP contribution in [0.15, 0.2) is 48.7 Å². The van der Waals surface area contributed by atoms with Crippen LogP contribution in [0.5, 0.6) is 5.75 Å². The van der Waals surface area contributed by atoms with Gasteiger partial charge in [-0.3, -0.25) is 0 Å². The minimum Gasteiger partial charge on any atom is -0.497 e. The van der Waals surface area contributed by atoms with Crippen molar-refractivity contribution in [2.24, 2.45) is 7.05 Å². The number of para-hydroxylation sites is 1. The molecule has 0 bridgehead atoms.